The van der Waals surface area contributed by atoms with Crippen LogP contribution in [0.5, 0.6) is 0 Å². The summed E-state index contributed by atoms with van der Waals surface area (Å²) in [5.74, 6) is 3.61. The molecule has 9 atom stereocenters. The summed E-state index contributed by atoms with van der Waals surface area (Å²) in [6.07, 6.45) is 10.5. The van der Waals surface area contributed by atoms with E-state index < -0.39 is 0 Å². The van der Waals surface area contributed by atoms with E-state index in [1.807, 2.05) is 0 Å². The third-order valence-electron chi connectivity index (χ3n) is 8.50. The largest absolute Gasteiger partial charge is 0.393 e. The quantitative estimate of drug-likeness (QED) is 0.355. The Morgan fingerprint density at radius 1 is 0.955 bits per heavy atom. The zero-order chi connectivity index (χ0) is 15.7. The smallest absolute Gasteiger partial charge is 0.0543 e. The van der Waals surface area contributed by atoms with Gasteiger partial charge in [-0.3, -0.25) is 0 Å². The number of aliphatic hydroxyl groups excluding tert-OH is 1. The lowest BCUT2D eigenvalue weighted by atomic mass is 9.45. The molecule has 0 radical (unpaired) electrons. The topological polar surface area (TPSA) is 20.2 Å². The number of hydrogen-bond acceptors (Lipinski definition) is 1. The number of alkyl halides is 2. The molecule has 4 fully saturated rings. The predicted molar refractivity (Wildman–Crippen MR) is 104 cm³/mol. The van der Waals surface area contributed by atoms with Gasteiger partial charge in [-0.15, -0.1) is 0 Å². The summed E-state index contributed by atoms with van der Waals surface area (Å²) in [5.41, 5.74) is 1.05. The number of fused-ring (bicyclic) bond motifs is 5. The highest BCUT2D eigenvalue weighted by atomic mass is 127. The summed E-state index contributed by atoms with van der Waals surface area (Å²) in [7, 11) is 0. The van der Waals surface area contributed by atoms with Crippen LogP contribution < -0.4 is 0 Å². The molecule has 1 N–H and O–H groups in total. The summed E-state index contributed by atoms with van der Waals surface area (Å²) < 4.78 is 0.810. The molecule has 0 spiro atoms. The first-order chi connectivity index (χ1) is 10.4. The first kappa shape index (κ1) is 16.6. The van der Waals surface area contributed by atoms with Gasteiger partial charge < -0.3 is 5.11 Å². The second-order valence-corrected chi connectivity index (χ2v) is 11.9. The first-order valence-electron chi connectivity index (χ1n) is 9.32. The second kappa shape index (κ2) is 5.59. The van der Waals surface area contributed by atoms with E-state index in [2.05, 4.69) is 52.4 Å². The van der Waals surface area contributed by atoms with Gasteiger partial charge >= 0.3 is 0 Å². The third kappa shape index (κ3) is 2.23. The monoisotopic (exact) mass is 480 g/mol. The van der Waals surface area contributed by atoms with Crippen LogP contribution in [0.2, 0.25) is 0 Å². The van der Waals surface area contributed by atoms with Crippen molar-refractivity contribution in [1.82, 2.24) is 0 Å². The van der Waals surface area contributed by atoms with Crippen molar-refractivity contribution in [3.8, 4) is 0 Å². The summed E-state index contributed by atoms with van der Waals surface area (Å²) in [6, 6.07) is 0. The van der Waals surface area contributed by atoms with Crippen molar-refractivity contribution in [3.63, 3.8) is 0 Å². The molecule has 0 aromatic rings. The highest BCUT2D eigenvalue weighted by molar-refractivity contribution is 14.1. The molecule has 3 heteroatoms. The molecule has 0 aromatic heterocycles. The molecule has 0 aromatic carbocycles. The lowest BCUT2D eigenvalue weighted by Gasteiger charge is -2.60. The summed E-state index contributed by atoms with van der Waals surface area (Å²) in [4.78, 5) is 0.713. The van der Waals surface area contributed by atoms with Crippen LogP contribution in [0, 0.1) is 34.5 Å². The molecular weight excluding hydrogens is 451 g/mol. The summed E-state index contributed by atoms with van der Waals surface area (Å²) >= 11 is 6.77. The Hall–Kier alpha value is 1.17. The van der Waals surface area contributed by atoms with Gasteiger partial charge in [0.05, 0.1) is 6.10 Å². The summed E-state index contributed by atoms with van der Waals surface area (Å²) in [6.45, 7) is 5.16. The van der Waals surface area contributed by atoms with Crippen molar-refractivity contribution in [2.45, 2.75) is 80.1 Å². The highest BCUT2D eigenvalue weighted by Crippen LogP contribution is 2.67. The molecule has 4 aliphatic rings. The maximum Gasteiger partial charge on any atom is 0.0543 e. The number of halogens is 2. The zero-order valence-corrected chi connectivity index (χ0v) is 17.6. The average Bonchev–Trinajstić information content (AvgIpc) is 2.72. The van der Waals surface area contributed by atoms with Crippen LogP contribution in [0.3, 0.4) is 0 Å². The van der Waals surface area contributed by atoms with Crippen LogP contribution in [0.1, 0.15) is 65.2 Å². The van der Waals surface area contributed by atoms with Gasteiger partial charge in [0.1, 0.15) is 0 Å². The van der Waals surface area contributed by atoms with Crippen molar-refractivity contribution in [2.24, 2.45) is 34.5 Å². The van der Waals surface area contributed by atoms with Gasteiger partial charge in [0.25, 0.3) is 0 Å². The maximum atomic E-state index is 10.1. The molecule has 126 valence electrons. The molecule has 0 heterocycles. The fraction of sp³-hybridized carbons (Fsp3) is 1.00. The van der Waals surface area contributed by atoms with Crippen molar-refractivity contribution in [3.05, 3.63) is 0 Å². The van der Waals surface area contributed by atoms with Crippen LogP contribution in [-0.2, 0) is 0 Å². The fourth-order valence-electron chi connectivity index (χ4n) is 7.14. The molecule has 0 bridgehead atoms. The summed E-state index contributed by atoms with van der Waals surface area (Å²) in [5, 5.41) is 10.1. The lowest BCUT2D eigenvalue weighted by molar-refractivity contribution is -0.120. The van der Waals surface area contributed by atoms with Crippen LogP contribution >= 0.6 is 38.5 Å². The minimum absolute atomic E-state index is 0.0133. The van der Waals surface area contributed by atoms with Gasteiger partial charge in [0.2, 0.25) is 0 Å². The Morgan fingerprint density at radius 3 is 2.45 bits per heavy atom. The Morgan fingerprint density at radius 2 is 1.68 bits per heavy atom. The average molecular weight is 481 g/mol. The van der Waals surface area contributed by atoms with Gasteiger partial charge in [-0.1, -0.05) is 52.4 Å². The van der Waals surface area contributed by atoms with Crippen molar-refractivity contribution in [2.75, 3.05) is 0 Å². The molecule has 0 amide bonds. The minimum Gasteiger partial charge on any atom is -0.393 e. The van der Waals surface area contributed by atoms with E-state index in [1.165, 1.54) is 38.5 Å². The number of aliphatic hydroxyl groups is 1. The van der Waals surface area contributed by atoms with E-state index in [1.54, 1.807) is 0 Å². The van der Waals surface area contributed by atoms with Gasteiger partial charge in [-0.05, 0) is 85.9 Å². The second-order valence-electron chi connectivity index (χ2n) is 9.28. The maximum absolute atomic E-state index is 10.1. The Kier molecular flexibility index (Phi) is 4.22. The molecular formula is C19H30BrIO. The third-order valence-corrected chi connectivity index (χ3v) is 12.4. The highest BCUT2D eigenvalue weighted by Gasteiger charge is 2.61. The van der Waals surface area contributed by atoms with Crippen molar-refractivity contribution < 1.29 is 5.11 Å². The molecule has 0 aliphatic heterocycles. The molecule has 4 saturated carbocycles. The van der Waals surface area contributed by atoms with Crippen molar-refractivity contribution >= 4 is 38.5 Å². The van der Waals surface area contributed by atoms with E-state index in [-0.39, 0.29) is 6.10 Å². The molecule has 4 rings (SSSR count). The van der Waals surface area contributed by atoms with Crippen LogP contribution in [0.4, 0.5) is 0 Å². The molecule has 22 heavy (non-hydrogen) atoms. The number of rotatable bonds is 0. The Balaban J connectivity index is 1.63. The van der Waals surface area contributed by atoms with Gasteiger partial charge in [-0.2, -0.15) is 0 Å². The van der Waals surface area contributed by atoms with E-state index >= 15 is 0 Å². The van der Waals surface area contributed by atoms with Crippen LogP contribution in [0.15, 0.2) is 0 Å². The van der Waals surface area contributed by atoms with Crippen LogP contribution in [-0.4, -0.2) is 20.0 Å². The van der Waals surface area contributed by atoms with E-state index in [0.717, 1.165) is 40.4 Å². The van der Waals surface area contributed by atoms with Crippen LogP contribution in [0.25, 0.3) is 0 Å². The predicted octanol–water partition coefficient (Wildman–Crippen LogP) is 5.57. The minimum atomic E-state index is -0.0133. The zero-order valence-electron chi connectivity index (χ0n) is 13.9. The number of hydrogen-bond donors (Lipinski definition) is 1. The Labute approximate surface area is 157 Å². The van der Waals surface area contributed by atoms with Crippen molar-refractivity contribution in [1.29, 1.82) is 0 Å². The Bertz CT molecular complexity index is 457. The molecule has 5 unspecified atom stereocenters. The molecule has 1 nitrogen and oxygen atoms in total. The van der Waals surface area contributed by atoms with E-state index in [4.69, 9.17) is 0 Å². The lowest BCUT2D eigenvalue weighted by Crippen LogP contribution is -2.54. The fourth-order valence-corrected chi connectivity index (χ4v) is 9.30. The normalized spacial score (nSPS) is 61.2. The van der Waals surface area contributed by atoms with Gasteiger partial charge in [0, 0.05) is 8.75 Å². The van der Waals surface area contributed by atoms with E-state index in [9.17, 15) is 5.11 Å². The molecule has 0 saturated heterocycles. The first-order valence-corrected chi connectivity index (χ1v) is 11.5. The van der Waals surface area contributed by atoms with Gasteiger partial charge in [0.15, 0.2) is 0 Å². The van der Waals surface area contributed by atoms with Gasteiger partial charge in [-0.25, -0.2) is 0 Å². The standard InChI is InChI=1S/C19H30BrIO/c1-18-7-5-12(22)9-11(18)3-4-13-14(18)6-8-19(2)15(13)10-16(21)17(19)20/h11-17,22H,3-10H2,1-2H3/t11?,12-,13?,14?,15?,16+,17?,18-,19-/m0/s1. The molecule has 4 aliphatic carbocycles. The SMILES string of the molecule is C[C@]12CC[C@H](O)CC1CCC1C2CC[C@@]2(C)C1C[C@@H](I)C2Br. The van der Waals surface area contributed by atoms with E-state index in [0.29, 0.717) is 15.7 Å².